The van der Waals surface area contributed by atoms with Gasteiger partial charge in [0.15, 0.2) is 5.16 Å². The third kappa shape index (κ3) is 4.16. The van der Waals surface area contributed by atoms with E-state index in [0.717, 1.165) is 10.0 Å². The van der Waals surface area contributed by atoms with Crippen LogP contribution in [-0.2, 0) is 17.6 Å². The summed E-state index contributed by atoms with van der Waals surface area (Å²) in [5.41, 5.74) is 3.56. The second-order valence-corrected chi connectivity index (χ2v) is 9.01. The molecule has 2 aromatic carbocycles. The Hall–Kier alpha value is -2.38. The van der Waals surface area contributed by atoms with Gasteiger partial charge in [-0.05, 0) is 30.2 Å². The molecule has 5 nitrogen and oxygen atoms in total. The summed E-state index contributed by atoms with van der Waals surface area (Å²) in [5.74, 6) is 0.848. The molecule has 3 aromatic rings. The highest BCUT2D eigenvalue weighted by Gasteiger charge is 2.32. The van der Waals surface area contributed by atoms with Crippen LogP contribution in [0.2, 0.25) is 0 Å². The van der Waals surface area contributed by atoms with E-state index >= 15 is 0 Å². The van der Waals surface area contributed by atoms with E-state index in [1.165, 1.54) is 22.9 Å². The standard InChI is InChI=1S/C22H20BrN3O2S/c1-13-4-3-5-14(10-13)12-29-22-25-21(28)19-17(15-6-8-16(23)9-7-15)11-18(27)24-20(19)26(22)2/h3-10,17H,11-12H2,1-2H3,(H,24,27). The predicted molar refractivity (Wildman–Crippen MR) is 119 cm³/mol. The van der Waals surface area contributed by atoms with Crippen LogP contribution in [0.15, 0.2) is 63.0 Å². The second kappa shape index (κ2) is 8.16. The number of rotatable bonds is 4. The first kappa shape index (κ1) is 19.9. The number of hydrogen-bond donors (Lipinski definition) is 1. The monoisotopic (exact) mass is 469 g/mol. The lowest BCUT2D eigenvalue weighted by Gasteiger charge is -2.27. The number of amides is 1. The van der Waals surface area contributed by atoms with E-state index < -0.39 is 0 Å². The molecule has 7 heteroatoms. The average Bonchev–Trinajstić information content (AvgIpc) is 2.69. The highest BCUT2D eigenvalue weighted by atomic mass is 79.9. The molecular weight excluding hydrogens is 450 g/mol. The third-order valence-corrected chi connectivity index (χ3v) is 6.65. The van der Waals surface area contributed by atoms with Gasteiger partial charge in [-0.25, -0.2) is 0 Å². The maximum atomic E-state index is 13.0. The minimum Gasteiger partial charge on any atom is -0.312 e. The van der Waals surface area contributed by atoms with Gasteiger partial charge in [0.1, 0.15) is 5.82 Å². The maximum absolute atomic E-state index is 13.0. The Balaban J connectivity index is 1.71. The summed E-state index contributed by atoms with van der Waals surface area (Å²) in [6.07, 6.45) is 0.237. The molecule has 1 aromatic heterocycles. The molecule has 1 aliphatic rings. The van der Waals surface area contributed by atoms with Gasteiger partial charge in [0.25, 0.3) is 5.56 Å². The van der Waals surface area contributed by atoms with Crippen LogP contribution < -0.4 is 10.9 Å². The zero-order valence-electron chi connectivity index (χ0n) is 16.1. The first-order valence-corrected chi connectivity index (χ1v) is 11.0. The third-order valence-electron chi connectivity index (χ3n) is 5.02. The molecule has 29 heavy (non-hydrogen) atoms. The largest absolute Gasteiger partial charge is 0.312 e. The van der Waals surface area contributed by atoms with E-state index in [2.05, 4.69) is 51.4 Å². The zero-order chi connectivity index (χ0) is 20.5. The van der Waals surface area contributed by atoms with E-state index in [4.69, 9.17) is 0 Å². The van der Waals surface area contributed by atoms with Gasteiger partial charge in [0.2, 0.25) is 5.91 Å². The summed E-state index contributed by atoms with van der Waals surface area (Å²) in [6.45, 7) is 2.05. The second-order valence-electron chi connectivity index (χ2n) is 7.15. The molecule has 1 N–H and O–H groups in total. The average molecular weight is 470 g/mol. The molecule has 0 saturated heterocycles. The molecule has 4 rings (SSSR count). The van der Waals surface area contributed by atoms with Crippen molar-refractivity contribution in [2.75, 3.05) is 5.32 Å². The number of nitrogens with one attached hydrogen (secondary N) is 1. The summed E-state index contributed by atoms with van der Waals surface area (Å²) in [7, 11) is 1.84. The lowest BCUT2D eigenvalue weighted by molar-refractivity contribution is -0.116. The molecule has 148 valence electrons. The van der Waals surface area contributed by atoms with Crippen LogP contribution in [0.5, 0.6) is 0 Å². The van der Waals surface area contributed by atoms with Crippen LogP contribution in [0.4, 0.5) is 5.82 Å². The van der Waals surface area contributed by atoms with Crippen LogP contribution in [-0.4, -0.2) is 15.5 Å². The van der Waals surface area contributed by atoms with E-state index in [1.807, 2.05) is 41.9 Å². The van der Waals surface area contributed by atoms with Gasteiger partial charge in [0.05, 0.1) is 5.56 Å². The van der Waals surface area contributed by atoms with Crippen molar-refractivity contribution in [3.8, 4) is 0 Å². The minimum absolute atomic E-state index is 0.0961. The maximum Gasteiger partial charge on any atom is 0.279 e. The molecular formula is C22H20BrN3O2S. The molecule has 0 spiro atoms. The van der Waals surface area contributed by atoms with Gasteiger partial charge >= 0.3 is 0 Å². The SMILES string of the molecule is Cc1cccc(CSc2nc(=O)c3c(n2C)NC(=O)CC3c2ccc(Br)cc2)c1. The van der Waals surface area contributed by atoms with Gasteiger partial charge in [-0.2, -0.15) is 4.98 Å². The summed E-state index contributed by atoms with van der Waals surface area (Å²) in [6, 6.07) is 16.0. The van der Waals surface area contributed by atoms with Gasteiger partial charge in [0, 0.05) is 29.6 Å². The fourth-order valence-electron chi connectivity index (χ4n) is 3.59. The highest BCUT2D eigenvalue weighted by molar-refractivity contribution is 9.10. The van der Waals surface area contributed by atoms with E-state index in [0.29, 0.717) is 22.3 Å². The predicted octanol–water partition coefficient (Wildman–Crippen LogP) is 4.62. The number of aryl methyl sites for hydroxylation is 1. The molecule has 0 saturated carbocycles. The number of halogens is 1. The van der Waals surface area contributed by atoms with E-state index in [-0.39, 0.29) is 23.8 Å². The minimum atomic E-state index is -0.297. The van der Waals surface area contributed by atoms with Gasteiger partial charge in [-0.3, -0.25) is 9.59 Å². The molecule has 0 radical (unpaired) electrons. The van der Waals surface area contributed by atoms with Crippen molar-refractivity contribution in [2.45, 2.75) is 30.2 Å². The zero-order valence-corrected chi connectivity index (χ0v) is 18.5. The number of thioether (sulfide) groups is 1. The Morgan fingerprint density at radius 2 is 1.97 bits per heavy atom. The van der Waals surface area contributed by atoms with Crippen molar-refractivity contribution in [3.63, 3.8) is 0 Å². The normalized spacial score (nSPS) is 15.7. The van der Waals surface area contributed by atoms with Crippen LogP contribution in [0, 0.1) is 6.92 Å². The molecule has 1 aliphatic heterocycles. The Morgan fingerprint density at radius 3 is 2.69 bits per heavy atom. The van der Waals surface area contributed by atoms with Crippen molar-refractivity contribution < 1.29 is 4.79 Å². The molecule has 0 aliphatic carbocycles. The fourth-order valence-corrected chi connectivity index (χ4v) is 4.77. The van der Waals surface area contributed by atoms with E-state index in [1.54, 1.807) is 0 Å². The van der Waals surface area contributed by atoms with Gasteiger partial charge in [-0.15, -0.1) is 0 Å². The summed E-state index contributed by atoms with van der Waals surface area (Å²) in [4.78, 5) is 29.7. The van der Waals surface area contributed by atoms with Crippen molar-refractivity contribution >= 4 is 39.4 Å². The van der Waals surface area contributed by atoms with Crippen LogP contribution >= 0.6 is 27.7 Å². The number of aromatic nitrogens is 2. The Labute approximate surface area is 181 Å². The number of carbonyl (C=O) groups excluding carboxylic acids is 1. The lowest BCUT2D eigenvalue weighted by Crippen LogP contribution is -2.33. The quantitative estimate of drug-likeness (QED) is 0.447. The summed E-state index contributed by atoms with van der Waals surface area (Å²) in [5, 5.41) is 3.48. The number of fused-ring (bicyclic) bond motifs is 1. The van der Waals surface area contributed by atoms with Gasteiger partial charge < -0.3 is 9.88 Å². The Bertz CT molecular complexity index is 1140. The summed E-state index contributed by atoms with van der Waals surface area (Å²) < 4.78 is 2.77. The Morgan fingerprint density at radius 1 is 1.21 bits per heavy atom. The van der Waals surface area contributed by atoms with Crippen LogP contribution in [0.25, 0.3) is 0 Å². The Kier molecular flexibility index (Phi) is 5.61. The lowest BCUT2D eigenvalue weighted by atomic mass is 9.87. The fraction of sp³-hybridized carbons (Fsp3) is 0.227. The van der Waals surface area contributed by atoms with Crippen LogP contribution in [0.1, 0.15) is 34.6 Å². The number of anilines is 1. The highest BCUT2D eigenvalue weighted by Crippen LogP contribution is 2.36. The van der Waals surface area contributed by atoms with Crippen molar-refractivity contribution in [1.82, 2.24) is 9.55 Å². The molecule has 1 amide bonds. The number of nitrogens with zero attached hydrogens (tertiary/aromatic N) is 2. The van der Waals surface area contributed by atoms with Crippen molar-refractivity contribution in [3.05, 3.63) is 85.6 Å². The molecule has 1 unspecified atom stereocenters. The number of hydrogen-bond acceptors (Lipinski definition) is 4. The molecule has 0 bridgehead atoms. The number of benzene rings is 2. The first-order valence-electron chi connectivity index (χ1n) is 9.27. The number of carbonyl (C=O) groups is 1. The van der Waals surface area contributed by atoms with Crippen molar-refractivity contribution in [2.24, 2.45) is 7.05 Å². The molecule has 0 fully saturated rings. The topological polar surface area (TPSA) is 64.0 Å². The van der Waals surface area contributed by atoms with Crippen LogP contribution in [0.3, 0.4) is 0 Å². The summed E-state index contributed by atoms with van der Waals surface area (Å²) >= 11 is 4.92. The smallest absolute Gasteiger partial charge is 0.279 e. The van der Waals surface area contributed by atoms with Crippen molar-refractivity contribution in [1.29, 1.82) is 0 Å². The van der Waals surface area contributed by atoms with Gasteiger partial charge in [-0.1, -0.05) is 69.7 Å². The molecule has 1 atom stereocenters. The van der Waals surface area contributed by atoms with E-state index in [9.17, 15) is 9.59 Å². The first-order chi connectivity index (χ1) is 13.9. The molecule has 2 heterocycles.